The summed E-state index contributed by atoms with van der Waals surface area (Å²) in [6, 6.07) is 10.7. The molecular weight excluding hydrogens is 582 g/mol. The average molecular weight is 607 g/mol. The van der Waals surface area contributed by atoms with E-state index in [0.717, 1.165) is 24.0 Å². The normalized spacial score (nSPS) is 15.2. The third-order valence-corrected chi connectivity index (χ3v) is 7.39. The molecule has 1 aliphatic heterocycles. The van der Waals surface area contributed by atoms with Gasteiger partial charge < -0.3 is 9.64 Å². The lowest BCUT2D eigenvalue weighted by Gasteiger charge is -2.29. The van der Waals surface area contributed by atoms with E-state index in [1.54, 1.807) is 26.0 Å². The van der Waals surface area contributed by atoms with Crippen LogP contribution in [0, 0.1) is 18.3 Å². The van der Waals surface area contributed by atoms with Gasteiger partial charge in [-0.1, -0.05) is 6.07 Å². The molecule has 0 radical (unpaired) electrons. The van der Waals surface area contributed by atoms with E-state index in [4.69, 9.17) is 17.0 Å². The first-order valence-corrected chi connectivity index (χ1v) is 13.0. The molecule has 2 aromatic carbocycles. The molecule has 220 valence electrons. The van der Waals surface area contributed by atoms with Gasteiger partial charge in [-0.3, -0.25) is 14.7 Å². The topological polar surface area (TPSA) is 69.5 Å². The highest BCUT2D eigenvalue weighted by atomic mass is 32.1. The summed E-state index contributed by atoms with van der Waals surface area (Å²) >= 11 is 5.49. The number of carbonyl (C=O) groups excluding carboxylic acids is 1. The van der Waals surface area contributed by atoms with Crippen molar-refractivity contribution in [2.75, 3.05) is 18.1 Å². The van der Waals surface area contributed by atoms with Crippen LogP contribution in [-0.4, -0.2) is 39.6 Å². The van der Waals surface area contributed by atoms with Crippen molar-refractivity contribution in [3.63, 3.8) is 0 Å². The summed E-state index contributed by atoms with van der Waals surface area (Å²) in [5.41, 5.74) is -3.49. The molecule has 0 atom stereocenters. The number of nitrogens with zero attached hydrogens (tertiary/aromatic N) is 4. The lowest BCUT2D eigenvalue weighted by Crippen LogP contribution is -2.44. The second-order valence-electron chi connectivity index (χ2n) is 10.0. The quantitative estimate of drug-likeness (QED) is 0.162. The van der Waals surface area contributed by atoms with Crippen LogP contribution >= 0.6 is 12.2 Å². The van der Waals surface area contributed by atoms with E-state index in [2.05, 4.69) is 4.98 Å². The summed E-state index contributed by atoms with van der Waals surface area (Å²) in [4.78, 5) is 19.7. The Morgan fingerprint density at radius 1 is 1.00 bits per heavy atom. The molecule has 1 amide bonds. The van der Waals surface area contributed by atoms with Gasteiger partial charge >= 0.3 is 12.4 Å². The summed E-state index contributed by atoms with van der Waals surface area (Å²) in [6.45, 7) is 4.18. The number of rotatable bonds is 7. The van der Waals surface area contributed by atoms with Crippen molar-refractivity contribution < 1.29 is 35.9 Å². The van der Waals surface area contributed by atoms with Gasteiger partial charge in [-0.2, -0.15) is 31.6 Å². The number of ether oxygens (including phenoxy) is 1. The van der Waals surface area contributed by atoms with Gasteiger partial charge in [0.2, 0.25) is 0 Å². The number of hydrogen-bond donors (Lipinski definition) is 0. The molecule has 0 saturated carbocycles. The predicted molar refractivity (Wildman–Crippen MR) is 147 cm³/mol. The zero-order chi connectivity index (χ0) is 31.0. The summed E-state index contributed by atoms with van der Waals surface area (Å²) in [7, 11) is 0. The standard InChI is InChI=1S/C29H24F6N4O2S/c1-17-22(7-5-20(16-36)24(17)29(33,34)35)39-25(40)27(2,3)38(26(39)42)13-4-14-41-23-8-6-19(15-21(23)28(30,31)32)18-9-11-37-12-10-18/h5-12,15H,4,13-14H2,1-3H3. The maximum atomic E-state index is 13.8. The Kier molecular flexibility index (Phi) is 8.24. The molecule has 3 aromatic rings. The number of nitriles is 1. The SMILES string of the molecule is Cc1c(N2C(=O)C(C)(C)N(CCCOc3ccc(-c4ccncc4)cc3C(F)(F)F)C2=S)ccc(C#N)c1C(F)(F)F. The number of aromatic nitrogens is 1. The highest BCUT2D eigenvalue weighted by Gasteiger charge is 2.50. The molecule has 0 bridgehead atoms. The van der Waals surface area contributed by atoms with Gasteiger partial charge in [-0.25, -0.2) is 0 Å². The lowest BCUT2D eigenvalue weighted by molar-refractivity contribution is -0.139. The molecule has 1 fully saturated rings. The van der Waals surface area contributed by atoms with E-state index in [0.29, 0.717) is 11.1 Å². The number of amides is 1. The molecule has 1 aliphatic rings. The fraction of sp³-hybridized carbons (Fsp3) is 0.310. The molecular formula is C29H24F6N4O2S. The van der Waals surface area contributed by atoms with Crippen molar-refractivity contribution in [3.8, 4) is 22.9 Å². The van der Waals surface area contributed by atoms with Crippen molar-refractivity contribution in [3.05, 3.63) is 77.1 Å². The van der Waals surface area contributed by atoms with E-state index in [9.17, 15) is 36.4 Å². The monoisotopic (exact) mass is 606 g/mol. The molecule has 0 unspecified atom stereocenters. The molecule has 1 aromatic heterocycles. The summed E-state index contributed by atoms with van der Waals surface area (Å²) in [5.74, 6) is -0.949. The Morgan fingerprint density at radius 3 is 2.26 bits per heavy atom. The number of hydrogen-bond acceptors (Lipinski definition) is 5. The van der Waals surface area contributed by atoms with E-state index in [1.807, 2.05) is 0 Å². The summed E-state index contributed by atoms with van der Waals surface area (Å²) in [6.07, 6.45) is -6.43. The van der Waals surface area contributed by atoms with Crippen LogP contribution in [0.25, 0.3) is 11.1 Å². The summed E-state index contributed by atoms with van der Waals surface area (Å²) < 4.78 is 88.3. The van der Waals surface area contributed by atoms with Gasteiger partial charge in [0.25, 0.3) is 5.91 Å². The number of alkyl halides is 6. The molecule has 0 spiro atoms. The third-order valence-electron chi connectivity index (χ3n) is 6.99. The Hall–Kier alpha value is -4.18. The molecule has 4 rings (SSSR count). The maximum Gasteiger partial charge on any atom is 0.419 e. The number of anilines is 1. The molecule has 13 heteroatoms. The molecule has 0 aliphatic carbocycles. The van der Waals surface area contributed by atoms with Crippen molar-refractivity contribution in [1.82, 2.24) is 9.88 Å². The molecule has 1 saturated heterocycles. The van der Waals surface area contributed by atoms with Crippen LogP contribution < -0.4 is 9.64 Å². The first-order valence-electron chi connectivity index (χ1n) is 12.6. The van der Waals surface area contributed by atoms with Gasteiger partial charge in [0, 0.05) is 18.9 Å². The third kappa shape index (κ3) is 5.76. The average Bonchev–Trinajstić information content (AvgIpc) is 3.08. The molecule has 0 N–H and O–H groups in total. The maximum absolute atomic E-state index is 13.8. The Labute approximate surface area is 243 Å². The van der Waals surface area contributed by atoms with E-state index in [-0.39, 0.29) is 41.7 Å². The van der Waals surface area contributed by atoms with Crippen LogP contribution in [0.1, 0.15) is 42.5 Å². The van der Waals surface area contributed by atoms with Crippen LogP contribution in [0.15, 0.2) is 54.9 Å². The highest BCUT2D eigenvalue weighted by molar-refractivity contribution is 7.80. The van der Waals surface area contributed by atoms with Crippen molar-refractivity contribution >= 4 is 28.9 Å². The van der Waals surface area contributed by atoms with Gasteiger partial charge in [0.15, 0.2) is 5.11 Å². The second-order valence-corrected chi connectivity index (χ2v) is 10.4. The van der Waals surface area contributed by atoms with Gasteiger partial charge in [-0.05, 0) is 92.5 Å². The van der Waals surface area contributed by atoms with Crippen molar-refractivity contribution in [2.45, 2.75) is 45.1 Å². The van der Waals surface area contributed by atoms with Crippen LogP contribution in [0.5, 0.6) is 5.75 Å². The van der Waals surface area contributed by atoms with E-state index in [1.165, 1.54) is 41.6 Å². The Bertz CT molecular complexity index is 1570. The van der Waals surface area contributed by atoms with Crippen LogP contribution in [0.4, 0.5) is 32.0 Å². The lowest BCUT2D eigenvalue weighted by atomic mass is 9.98. The fourth-order valence-corrected chi connectivity index (χ4v) is 5.33. The van der Waals surface area contributed by atoms with E-state index >= 15 is 0 Å². The van der Waals surface area contributed by atoms with Crippen LogP contribution in [-0.2, 0) is 17.1 Å². The zero-order valence-electron chi connectivity index (χ0n) is 22.6. The number of benzene rings is 2. The Balaban J connectivity index is 1.52. The molecule has 2 heterocycles. The predicted octanol–water partition coefficient (Wildman–Crippen LogP) is 7.15. The second kappa shape index (κ2) is 11.2. The largest absolute Gasteiger partial charge is 0.493 e. The minimum Gasteiger partial charge on any atom is -0.493 e. The van der Waals surface area contributed by atoms with E-state index < -0.39 is 40.5 Å². The minimum absolute atomic E-state index is 0.0661. The molecule has 42 heavy (non-hydrogen) atoms. The smallest absolute Gasteiger partial charge is 0.419 e. The first kappa shape index (κ1) is 30.8. The fourth-order valence-electron chi connectivity index (χ4n) is 4.83. The van der Waals surface area contributed by atoms with Gasteiger partial charge in [0.05, 0.1) is 35.1 Å². The van der Waals surface area contributed by atoms with Crippen molar-refractivity contribution in [1.29, 1.82) is 5.26 Å². The minimum atomic E-state index is -4.84. The molecule has 6 nitrogen and oxygen atoms in total. The van der Waals surface area contributed by atoms with Gasteiger partial charge in [0.1, 0.15) is 11.3 Å². The van der Waals surface area contributed by atoms with Gasteiger partial charge in [-0.15, -0.1) is 0 Å². The van der Waals surface area contributed by atoms with Crippen molar-refractivity contribution in [2.24, 2.45) is 0 Å². The number of thiocarbonyl (C=S) groups is 1. The summed E-state index contributed by atoms with van der Waals surface area (Å²) in [5, 5.41) is 9.11. The van der Waals surface area contributed by atoms with Crippen LogP contribution in [0.2, 0.25) is 0 Å². The first-order chi connectivity index (χ1) is 19.6. The number of carbonyl (C=O) groups is 1. The number of halogens is 6. The number of pyridine rings is 1. The zero-order valence-corrected chi connectivity index (χ0v) is 23.4. The Morgan fingerprint density at radius 2 is 1.67 bits per heavy atom. The van der Waals surface area contributed by atoms with Crippen LogP contribution in [0.3, 0.4) is 0 Å². The highest BCUT2D eigenvalue weighted by Crippen LogP contribution is 2.42.